The first kappa shape index (κ1) is 22.3. The van der Waals surface area contributed by atoms with E-state index < -0.39 is 0 Å². The lowest BCUT2D eigenvalue weighted by Crippen LogP contribution is -2.20. The molecule has 0 aliphatic heterocycles. The van der Waals surface area contributed by atoms with Crippen LogP contribution >= 0.6 is 39.3 Å². The summed E-state index contributed by atoms with van der Waals surface area (Å²) in [5, 5.41) is 13.9. The van der Waals surface area contributed by atoms with Crippen molar-refractivity contribution in [3.8, 4) is 17.1 Å². The molecule has 1 aromatic heterocycles. The van der Waals surface area contributed by atoms with Gasteiger partial charge in [0.05, 0.1) is 12.0 Å². The Balaban J connectivity index is 1.49. The first-order valence-corrected chi connectivity index (χ1v) is 11.7. The minimum absolute atomic E-state index is 0.137. The molecule has 6 nitrogen and oxygen atoms in total. The summed E-state index contributed by atoms with van der Waals surface area (Å²) in [6.07, 6.45) is 1.60. The fourth-order valence-corrected chi connectivity index (χ4v) is 3.99. The Morgan fingerprint density at radius 1 is 1.03 bits per heavy atom. The molecule has 0 radical (unpaired) electrons. The van der Waals surface area contributed by atoms with Crippen LogP contribution in [0.1, 0.15) is 5.56 Å². The number of hydrogen-bond donors (Lipinski definition) is 1. The second-order valence-corrected chi connectivity index (χ2v) is 8.91. The number of rotatable bonds is 7. The van der Waals surface area contributed by atoms with Crippen molar-refractivity contribution in [2.75, 3.05) is 5.75 Å². The van der Waals surface area contributed by atoms with Crippen LogP contribution in [0, 0.1) is 0 Å². The van der Waals surface area contributed by atoms with Crippen LogP contribution in [0.4, 0.5) is 0 Å². The van der Waals surface area contributed by atoms with Crippen LogP contribution in [0.15, 0.2) is 93.6 Å². The Bertz CT molecular complexity index is 1230. The number of amides is 1. The Morgan fingerprint density at radius 3 is 2.47 bits per heavy atom. The summed E-state index contributed by atoms with van der Waals surface area (Å²) in [7, 11) is 0. The number of benzene rings is 3. The maximum Gasteiger partial charge on any atom is 0.250 e. The Morgan fingerprint density at radius 2 is 1.75 bits per heavy atom. The van der Waals surface area contributed by atoms with E-state index in [1.807, 2.05) is 83.4 Å². The van der Waals surface area contributed by atoms with Gasteiger partial charge in [-0.05, 0) is 42.0 Å². The quantitative estimate of drug-likeness (QED) is 0.193. The van der Waals surface area contributed by atoms with Crippen LogP contribution in [0.3, 0.4) is 0 Å². The van der Waals surface area contributed by atoms with Gasteiger partial charge in [0, 0.05) is 20.7 Å². The summed E-state index contributed by atoms with van der Waals surface area (Å²) >= 11 is 10.7. The molecule has 0 fully saturated rings. The van der Waals surface area contributed by atoms with E-state index in [2.05, 4.69) is 36.7 Å². The molecule has 0 aliphatic carbocycles. The van der Waals surface area contributed by atoms with E-state index in [9.17, 15) is 4.79 Å². The number of carbonyl (C=O) groups is 1. The van der Waals surface area contributed by atoms with Crippen LogP contribution in [0.5, 0.6) is 0 Å². The molecule has 1 amide bonds. The molecule has 4 aromatic rings. The zero-order chi connectivity index (χ0) is 22.3. The maximum absolute atomic E-state index is 12.3. The second kappa shape index (κ2) is 10.6. The summed E-state index contributed by atoms with van der Waals surface area (Å²) < 4.78 is 2.89. The summed E-state index contributed by atoms with van der Waals surface area (Å²) in [4.78, 5) is 12.3. The van der Waals surface area contributed by atoms with Gasteiger partial charge in [-0.1, -0.05) is 81.8 Å². The summed E-state index contributed by atoms with van der Waals surface area (Å²) in [6.45, 7) is 0. The third-order valence-corrected chi connectivity index (χ3v) is 6.07. The Kier molecular flexibility index (Phi) is 7.36. The van der Waals surface area contributed by atoms with E-state index in [0.29, 0.717) is 16.0 Å². The van der Waals surface area contributed by atoms with E-state index in [1.165, 1.54) is 11.8 Å². The molecule has 160 valence electrons. The molecular weight excluding hydrogens is 510 g/mol. The maximum atomic E-state index is 12.3. The number of nitrogens with zero attached hydrogens (tertiary/aromatic N) is 4. The molecule has 0 unspecified atom stereocenters. The van der Waals surface area contributed by atoms with Crippen molar-refractivity contribution in [1.82, 2.24) is 20.2 Å². The molecule has 0 saturated heterocycles. The molecule has 1 N–H and O–H groups in total. The highest BCUT2D eigenvalue weighted by atomic mass is 79.9. The van der Waals surface area contributed by atoms with Crippen molar-refractivity contribution < 1.29 is 4.79 Å². The minimum Gasteiger partial charge on any atom is -0.272 e. The molecule has 4 rings (SSSR count). The highest BCUT2D eigenvalue weighted by Crippen LogP contribution is 2.28. The zero-order valence-electron chi connectivity index (χ0n) is 16.7. The average molecular weight is 527 g/mol. The van der Waals surface area contributed by atoms with Crippen molar-refractivity contribution in [3.63, 3.8) is 0 Å². The molecule has 9 heteroatoms. The van der Waals surface area contributed by atoms with Crippen LogP contribution < -0.4 is 5.43 Å². The van der Waals surface area contributed by atoms with Gasteiger partial charge in [-0.3, -0.25) is 9.36 Å². The van der Waals surface area contributed by atoms with E-state index >= 15 is 0 Å². The lowest BCUT2D eigenvalue weighted by atomic mass is 10.2. The van der Waals surface area contributed by atoms with Gasteiger partial charge in [-0.15, -0.1) is 10.2 Å². The predicted octanol–water partition coefficient (Wildman–Crippen LogP) is 5.59. The van der Waals surface area contributed by atoms with Crippen LogP contribution in [-0.2, 0) is 4.79 Å². The van der Waals surface area contributed by atoms with Crippen molar-refractivity contribution in [3.05, 3.63) is 93.9 Å². The Labute approximate surface area is 202 Å². The molecule has 0 bridgehead atoms. The fourth-order valence-electron chi connectivity index (χ4n) is 2.85. The number of carbonyl (C=O) groups excluding carboxylic acids is 1. The first-order chi connectivity index (χ1) is 15.6. The standard InChI is InChI=1S/C23H17BrClN5OS/c24-18-8-6-16(7-9-18)14-26-27-21(31)15-32-23-29-28-22(17-4-2-1-3-5-17)30(23)20-12-10-19(25)11-13-20/h1-14H,15H2,(H,27,31)/b26-14+. The number of halogens is 2. The monoisotopic (exact) mass is 525 g/mol. The lowest BCUT2D eigenvalue weighted by Gasteiger charge is -2.10. The average Bonchev–Trinajstić information content (AvgIpc) is 3.24. The van der Waals surface area contributed by atoms with Gasteiger partial charge in [0.1, 0.15) is 0 Å². The third kappa shape index (κ3) is 5.64. The molecular formula is C23H17BrClN5OS. The summed E-state index contributed by atoms with van der Waals surface area (Å²) in [5.41, 5.74) is 5.21. The largest absolute Gasteiger partial charge is 0.272 e. The number of hydrazone groups is 1. The molecule has 0 saturated carbocycles. The van der Waals surface area contributed by atoms with Gasteiger partial charge in [0.15, 0.2) is 11.0 Å². The molecule has 32 heavy (non-hydrogen) atoms. The number of aromatic nitrogens is 3. The highest BCUT2D eigenvalue weighted by molar-refractivity contribution is 9.10. The van der Waals surface area contributed by atoms with E-state index in [1.54, 1.807) is 6.21 Å². The number of hydrogen-bond acceptors (Lipinski definition) is 5. The SMILES string of the molecule is O=C(CSc1nnc(-c2ccccc2)n1-c1ccc(Cl)cc1)N/N=C/c1ccc(Br)cc1. The second-order valence-electron chi connectivity index (χ2n) is 6.62. The molecule has 3 aromatic carbocycles. The van der Waals surface area contributed by atoms with Crippen molar-refractivity contribution >= 4 is 51.4 Å². The van der Waals surface area contributed by atoms with Gasteiger partial charge in [-0.2, -0.15) is 5.10 Å². The number of thioether (sulfide) groups is 1. The van der Waals surface area contributed by atoms with Crippen LogP contribution in [0.2, 0.25) is 5.02 Å². The normalized spacial score (nSPS) is 11.1. The van der Waals surface area contributed by atoms with Gasteiger partial charge >= 0.3 is 0 Å². The molecule has 1 heterocycles. The molecule has 0 spiro atoms. The number of nitrogens with one attached hydrogen (secondary N) is 1. The Hall–Kier alpha value is -2.94. The van der Waals surface area contributed by atoms with Crippen molar-refractivity contribution in [1.29, 1.82) is 0 Å². The lowest BCUT2D eigenvalue weighted by molar-refractivity contribution is -0.118. The predicted molar refractivity (Wildman–Crippen MR) is 132 cm³/mol. The van der Waals surface area contributed by atoms with Crippen LogP contribution in [0.25, 0.3) is 17.1 Å². The first-order valence-electron chi connectivity index (χ1n) is 9.57. The van der Waals surface area contributed by atoms with Gasteiger partial charge in [0.25, 0.3) is 5.91 Å². The van der Waals surface area contributed by atoms with Crippen LogP contribution in [-0.4, -0.2) is 32.6 Å². The summed E-state index contributed by atoms with van der Waals surface area (Å²) in [5.74, 6) is 0.581. The van der Waals surface area contributed by atoms with E-state index in [-0.39, 0.29) is 11.7 Å². The summed E-state index contributed by atoms with van der Waals surface area (Å²) in [6, 6.07) is 24.8. The molecule has 0 aliphatic rings. The topological polar surface area (TPSA) is 72.2 Å². The van der Waals surface area contributed by atoms with E-state index in [0.717, 1.165) is 21.3 Å². The van der Waals surface area contributed by atoms with Crippen molar-refractivity contribution in [2.24, 2.45) is 5.10 Å². The highest BCUT2D eigenvalue weighted by Gasteiger charge is 2.17. The van der Waals surface area contributed by atoms with Gasteiger partial charge in [-0.25, -0.2) is 5.43 Å². The van der Waals surface area contributed by atoms with E-state index in [4.69, 9.17) is 11.6 Å². The van der Waals surface area contributed by atoms with Gasteiger partial charge in [0.2, 0.25) is 0 Å². The zero-order valence-corrected chi connectivity index (χ0v) is 19.8. The smallest absolute Gasteiger partial charge is 0.250 e. The van der Waals surface area contributed by atoms with Crippen molar-refractivity contribution in [2.45, 2.75) is 5.16 Å². The van der Waals surface area contributed by atoms with Gasteiger partial charge < -0.3 is 0 Å². The minimum atomic E-state index is -0.240. The fraction of sp³-hybridized carbons (Fsp3) is 0.0435. The third-order valence-electron chi connectivity index (χ3n) is 4.36. The molecule has 0 atom stereocenters.